The fraction of sp³-hybridized carbons (Fsp3) is 0.350. The van der Waals surface area contributed by atoms with Crippen LogP contribution in [0.15, 0.2) is 57.9 Å². The van der Waals surface area contributed by atoms with Gasteiger partial charge in [-0.15, -0.1) is 0 Å². The summed E-state index contributed by atoms with van der Waals surface area (Å²) < 4.78 is 26.9. The Morgan fingerprint density at radius 1 is 1.15 bits per heavy atom. The quantitative estimate of drug-likeness (QED) is 0.729. The smallest absolute Gasteiger partial charge is 0.240 e. The molecule has 0 bridgehead atoms. The van der Waals surface area contributed by atoms with E-state index in [1.807, 2.05) is 17.0 Å². The van der Waals surface area contributed by atoms with E-state index in [9.17, 15) is 13.2 Å². The number of hydrogen-bond acceptors (Lipinski definition) is 3. The van der Waals surface area contributed by atoms with Gasteiger partial charge in [0.15, 0.2) is 0 Å². The van der Waals surface area contributed by atoms with E-state index in [1.54, 1.807) is 24.3 Å². The van der Waals surface area contributed by atoms with E-state index in [1.165, 1.54) is 12.6 Å². The first-order valence-corrected chi connectivity index (χ1v) is 11.3. The molecule has 0 aromatic heterocycles. The van der Waals surface area contributed by atoms with Crippen molar-refractivity contribution in [3.63, 3.8) is 0 Å². The van der Waals surface area contributed by atoms with E-state index in [4.69, 9.17) is 0 Å². The lowest BCUT2D eigenvalue weighted by molar-refractivity contribution is -0.132. The minimum absolute atomic E-state index is 0.146. The topological polar surface area (TPSA) is 66.5 Å². The van der Waals surface area contributed by atoms with Crippen molar-refractivity contribution < 1.29 is 13.2 Å². The first-order valence-electron chi connectivity index (χ1n) is 8.98. The molecule has 27 heavy (non-hydrogen) atoms. The molecule has 7 heteroatoms. The highest BCUT2D eigenvalue weighted by molar-refractivity contribution is 9.10. The predicted octanol–water partition coefficient (Wildman–Crippen LogP) is 3.65. The summed E-state index contributed by atoms with van der Waals surface area (Å²) in [6, 6.07) is 15.0. The van der Waals surface area contributed by atoms with Gasteiger partial charge in [0, 0.05) is 17.4 Å². The molecule has 1 saturated heterocycles. The van der Waals surface area contributed by atoms with Crippen molar-refractivity contribution in [2.75, 3.05) is 13.6 Å². The Morgan fingerprint density at radius 2 is 1.81 bits per heavy atom. The highest BCUT2D eigenvalue weighted by Crippen LogP contribution is 2.33. The van der Waals surface area contributed by atoms with E-state index in [0.29, 0.717) is 12.8 Å². The van der Waals surface area contributed by atoms with Gasteiger partial charge in [0.05, 0.1) is 10.9 Å². The molecule has 1 atom stereocenters. The number of hydrogen-bond donors (Lipinski definition) is 1. The maximum atomic E-state index is 12.8. The number of likely N-dealkylation sites (tertiary alicyclic amines) is 1. The highest BCUT2D eigenvalue weighted by Gasteiger charge is 2.29. The van der Waals surface area contributed by atoms with Gasteiger partial charge >= 0.3 is 0 Å². The van der Waals surface area contributed by atoms with Crippen molar-refractivity contribution >= 4 is 31.9 Å². The fourth-order valence-corrected chi connectivity index (χ4v) is 4.44. The van der Waals surface area contributed by atoms with Crippen molar-refractivity contribution in [3.05, 3.63) is 64.1 Å². The Hall–Kier alpha value is -1.70. The molecule has 2 aromatic carbocycles. The van der Waals surface area contributed by atoms with Crippen molar-refractivity contribution in [3.8, 4) is 0 Å². The van der Waals surface area contributed by atoms with Crippen molar-refractivity contribution in [1.82, 2.24) is 9.62 Å². The third-order valence-corrected chi connectivity index (χ3v) is 6.92. The summed E-state index contributed by atoms with van der Waals surface area (Å²) in [5.41, 5.74) is 2.13. The summed E-state index contributed by atoms with van der Waals surface area (Å²) in [5.74, 6) is 0.146. The minimum Gasteiger partial charge on any atom is -0.336 e. The third kappa shape index (κ3) is 4.78. The van der Waals surface area contributed by atoms with Gasteiger partial charge < -0.3 is 4.90 Å². The molecule has 0 spiro atoms. The fourth-order valence-electron chi connectivity index (χ4n) is 3.44. The van der Waals surface area contributed by atoms with E-state index < -0.39 is 10.0 Å². The number of carbonyl (C=O) groups is 1. The number of nitrogens with one attached hydrogen (secondary N) is 1. The van der Waals surface area contributed by atoms with Gasteiger partial charge in [0.2, 0.25) is 15.9 Å². The molecule has 5 nitrogen and oxygen atoms in total. The first kappa shape index (κ1) is 20.0. The van der Waals surface area contributed by atoms with Gasteiger partial charge in [0.1, 0.15) is 0 Å². The Morgan fingerprint density at radius 3 is 2.44 bits per heavy atom. The van der Waals surface area contributed by atoms with Crippen LogP contribution < -0.4 is 4.72 Å². The van der Waals surface area contributed by atoms with Crippen LogP contribution in [0, 0.1) is 0 Å². The Labute approximate surface area is 169 Å². The van der Waals surface area contributed by atoms with Crippen LogP contribution in [0.3, 0.4) is 0 Å². The molecule has 1 amide bonds. The molecule has 1 aliphatic rings. The van der Waals surface area contributed by atoms with Crippen LogP contribution in [0.2, 0.25) is 0 Å². The normalized spacial score (nSPS) is 17.3. The van der Waals surface area contributed by atoms with Gasteiger partial charge in [-0.2, -0.15) is 0 Å². The summed E-state index contributed by atoms with van der Waals surface area (Å²) in [4.78, 5) is 15.0. The number of amides is 1. The Kier molecular flexibility index (Phi) is 6.34. The molecule has 3 rings (SSSR count). The molecule has 0 radical (unpaired) electrons. The summed E-state index contributed by atoms with van der Waals surface area (Å²) in [7, 11) is -2.04. The second-order valence-electron chi connectivity index (χ2n) is 6.65. The van der Waals surface area contributed by atoms with E-state index in [-0.39, 0.29) is 16.8 Å². The first-order chi connectivity index (χ1) is 12.9. The standard InChI is InChI=1S/C20H23BrN2O3S/c1-22-27(25,26)18-11-4-15(5-12-18)6-13-20(24)23-14-2-3-19(23)16-7-9-17(21)10-8-16/h4-5,7-12,19,22H,2-3,6,13-14H2,1H3. The molecule has 1 heterocycles. The molecule has 1 unspecified atom stereocenters. The molecule has 0 saturated carbocycles. The molecule has 0 aliphatic carbocycles. The highest BCUT2D eigenvalue weighted by atomic mass is 79.9. The van der Waals surface area contributed by atoms with Crippen LogP contribution in [-0.2, 0) is 21.2 Å². The largest absolute Gasteiger partial charge is 0.336 e. The summed E-state index contributed by atoms with van der Waals surface area (Å²) in [5, 5.41) is 0. The van der Waals surface area contributed by atoms with E-state index in [0.717, 1.165) is 29.4 Å². The maximum absolute atomic E-state index is 12.8. The molecule has 144 valence electrons. The zero-order valence-electron chi connectivity index (χ0n) is 15.2. The van der Waals surface area contributed by atoms with E-state index >= 15 is 0 Å². The number of carbonyl (C=O) groups excluding carboxylic acids is 1. The lowest BCUT2D eigenvalue weighted by Crippen LogP contribution is -2.30. The zero-order valence-corrected chi connectivity index (χ0v) is 17.6. The molecule has 2 aromatic rings. The summed E-state index contributed by atoms with van der Waals surface area (Å²) in [6.45, 7) is 0.791. The molecule has 1 N–H and O–H groups in total. The third-order valence-electron chi connectivity index (χ3n) is 4.96. The predicted molar refractivity (Wildman–Crippen MR) is 109 cm³/mol. The molecular weight excluding hydrogens is 428 g/mol. The van der Waals surface area contributed by atoms with Crippen LogP contribution in [0.4, 0.5) is 0 Å². The van der Waals surface area contributed by atoms with Crippen LogP contribution in [-0.4, -0.2) is 32.8 Å². The lowest BCUT2D eigenvalue weighted by Gasteiger charge is -2.25. The summed E-state index contributed by atoms with van der Waals surface area (Å²) in [6.07, 6.45) is 3.03. The average molecular weight is 451 g/mol. The van der Waals surface area contributed by atoms with Crippen LogP contribution in [0.1, 0.15) is 36.4 Å². The summed E-state index contributed by atoms with van der Waals surface area (Å²) >= 11 is 3.45. The van der Waals surface area contributed by atoms with Crippen molar-refractivity contribution in [2.45, 2.75) is 36.6 Å². The monoisotopic (exact) mass is 450 g/mol. The minimum atomic E-state index is -3.43. The molecule has 1 fully saturated rings. The Balaban J connectivity index is 1.62. The SMILES string of the molecule is CNS(=O)(=O)c1ccc(CCC(=O)N2CCCC2c2ccc(Br)cc2)cc1. The number of halogens is 1. The van der Waals surface area contributed by atoms with Crippen molar-refractivity contribution in [2.24, 2.45) is 0 Å². The maximum Gasteiger partial charge on any atom is 0.240 e. The second kappa shape index (κ2) is 8.54. The number of rotatable bonds is 6. The van der Waals surface area contributed by atoms with Crippen molar-refractivity contribution in [1.29, 1.82) is 0 Å². The zero-order chi connectivity index (χ0) is 19.4. The van der Waals surface area contributed by atoms with Crippen LogP contribution in [0.5, 0.6) is 0 Å². The molecule has 1 aliphatic heterocycles. The van der Waals surface area contributed by atoms with E-state index in [2.05, 4.69) is 32.8 Å². The number of sulfonamides is 1. The average Bonchev–Trinajstić information content (AvgIpc) is 3.17. The van der Waals surface area contributed by atoms with Gasteiger partial charge in [-0.3, -0.25) is 4.79 Å². The molecular formula is C20H23BrN2O3S. The lowest BCUT2D eigenvalue weighted by atomic mass is 10.0. The Bertz CT molecular complexity index is 896. The van der Waals surface area contributed by atoms with Gasteiger partial charge in [-0.25, -0.2) is 13.1 Å². The number of benzene rings is 2. The van der Waals surface area contributed by atoms with Gasteiger partial charge in [-0.05, 0) is 61.7 Å². The van der Waals surface area contributed by atoms with Crippen LogP contribution >= 0.6 is 15.9 Å². The number of aryl methyl sites for hydroxylation is 1. The van der Waals surface area contributed by atoms with Gasteiger partial charge in [0.25, 0.3) is 0 Å². The number of nitrogens with zero attached hydrogens (tertiary/aromatic N) is 1. The van der Waals surface area contributed by atoms with Crippen LogP contribution in [0.25, 0.3) is 0 Å². The second-order valence-corrected chi connectivity index (χ2v) is 9.45. The van der Waals surface area contributed by atoms with Gasteiger partial charge in [-0.1, -0.05) is 40.2 Å².